The van der Waals surface area contributed by atoms with Crippen LogP contribution in [-0.2, 0) is 6.54 Å². The lowest BCUT2D eigenvalue weighted by molar-refractivity contribution is 0.243. The third-order valence-corrected chi connectivity index (χ3v) is 3.27. The second-order valence-corrected chi connectivity index (χ2v) is 5.54. The van der Waals surface area contributed by atoms with E-state index in [4.69, 9.17) is 4.74 Å². The van der Waals surface area contributed by atoms with Crippen LogP contribution in [0.3, 0.4) is 0 Å². The summed E-state index contributed by atoms with van der Waals surface area (Å²) in [5, 5.41) is 3.42. The number of rotatable bonds is 7. The van der Waals surface area contributed by atoms with E-state index in [0.717, 1.165) is 30.8 Å². The van der Waals surface area contributed by atoms with Gasteiger partial charge in [-0.05, 0) is 44.0 Å². The van der Waals surface area contributed by atoms with Gasteiger partial charge in [0.1, 0.15) is 5.75 Å². The Hall–Kier alpha value is -1.80. The molecule has 2 rings (SSSR count). The highest BCUT2D eigenvalue weighted by Crippen LogP contribution is 2.30. The van der Waals surface area contributed by atoms with Crippen LogP contribution in [0.25, 0.3) is 11.1 Å². The molecule has 112 valence electrons. The first-order chi connectivity index (χ1) is 10.2. The average molecular weight is 283 g/mol. The van der Waals surface area contributed by atoms with Crippen LogP contribution in [0.15, 0.2) is 48.5 Å². The number of hydrogen-bond acceptors (Lipinski definition) is 2. The highest BCUT2D eigenvalue weighted by atomic mass is 16.5. The second-order valence-electron chi connectivity index (χ2n) is 5.54. The molecule has 0 bridgehead atoms. The Morgan fingerprint density at radius 1 is 1.00 bits per heavy atom. The van der Waals surface area contributed by atoms with Gasteiger partial charge in [-0.15, -0.1) is 0 Å². The normalized spacial score (nSPS) is 10.9. The number of ether oxygens (including phenoxy) is 1. The highest BCUT2D eigenvalue weighted by Gasteiger charge is 2.07. The molecule has 0 unspecified atom stereocenters. The molecular formula is C19H25NO. The van der Waals surface area contributed by atoms with E-state index in [9.17, 15) is 0 Å². The van der Waals surface area contributed by atoms with E-state index in [0.29, 0.717) is 0 Å². The van der Waals surface area contributed by atoms with Gasteiger partial charge in [-0.1, -0.05) is 49.4 Å². The number of hydrogen-bond donors (Lipinski definition) is 1. The maximum atomic E-state index is 5.90. The fraction of sp³-hybridized carbons (Fsp3) is 0.368. The van der Waals surface area contributed by atoms with Crippen molar-refractivity contribution in [2.45, 2.75) is 39.8 Å². The minimum atomic E-state index is 0.184. The van der Waals surface area contributed by atoms with E-state index in [-0.39, 0.29) is 6.10 Å². The van der Waals surface area contributed by atoms with E-state index in [1.807, 2.05) is 12.1 Å². The van der Waals surface area contributed by atoms with Crippen LogP contribution in [0.5, 0.6) is 5.75 Å². The zero-order valence-electron chi connectivity index (χ0n) is 13.2. The van der Waals surface area contributed by atoms with E-state index in [1.165, 1.54) is 11.1 Å². The minimum absolute atomic E-state index is 0.184. The van der Waals surface area contributed by atoms with Gasteiger partial charge in [0.15, 0.2) is 0 Å². The van der Waals surface area contributed by atoms with E-state index >= 15 is 0 Å². The largest absolute Gasteiger partial charge is 0.490 e. The Morgan fingerprint density at radius 3 is 2.38 bits per heavy atom. The van der Waals surface area contributed by atoms with Crippen molar-refractivity contribution in [1.29, 1.82) is 0 Å². The summed E-state index contributed by atoms with van der Waals surface area (Å²) in [4.78, 5) is 0. The van der Waals surface area contributed by atoms with Crippen molar-refractivity contribution in [1.82, 2.24) is 5.32 Å². The maximum Gasteiger partial charge on any atom is 0.127 e. The Morgan fingerprint density at radius 2 is 1.71 bits per heavy atom. The van der Waals surface area contributed by atoms with Gasteiger partial charge in [-0.2, -0.15) is 0 Å². The van der Waals surface area contributed by atoms with Gasteiger partial charge in [0, 0.05) is 12.1 Å². The third kappa shape index (κ3) is 4.61. The van der Waals surface area contributed by atoms with Crippen LogP contribution in [-0.4, -0.2) is 12.6 Å². The molecule has 0 spiro atoms. The van der Waals surface area contributed by atoms with Gasteiger partial charge >= 0.3 is 0 Å². The Balaban J connectivity index is 2.15. The third-order valence-electron chi connectivity index (χ3n) is 3.27. The van der Waals surface area contributed by atoms with Crippen LogP contribution in [0.2, 0.25) is 0 Å². The molecule has 0 aromatic heterocycles. The van der Waals surface area contributed by atoms with Crippen LogP contribution in [0, 0.1) is 0 Å². The molecule has 0 aliphatic heterocycles. The zero-order chi connectivity index (χ0) is 15.1. The standard InChI is InChI=1S/C19H25NO/c1-4-13-20-14-16-9-11-17(12-10-16)18-7-5-6-8-19(18)21-15(2)3/h5-12,15,20H,4,13-14H2,1-3H3. The van der Waals surface area contributed by atoms with E-state index < -0.39 is 0 Å². The van der Waals surface area contributed by atoms with Crippen molar-refractivity contribution in [2.75, 3.05) is 6.54 Å². The molecule has 0 aliphatic carbocycles. The molecule has 0 heterocycles. The Kier molecular flexibility index (Phi) is 5.82. The molecular weight excluding hydrogens is 258 g/mol. The Bertz CT molecular complexity index is 546. The predicted octanol–water partition coefficient (Wildman–Crippen LogP) is 4.64. The molecule has 2 aromatic carbocycles. The molecule has 1 N–H and O–H groups in total. The molecule has 2 heteroatoms. The first kappa shape index (κ1) is 15.6. The van der Waals surface area contributed by atoms with Crippen LogP contribution < -0.4 is 10.1 Å². The van der Waals surface area contributed by atoms with Gasteiger partial charge in [-0.25, -0.2) is 0 Å². The van der Waals surface area contributed by atoms with Crippen molar-refractivity contribution >= 4 is 0 Å². The molecule has 2 nitrogen and oxygen atoms in total. The number of nitrogens with one attached hydrogen (secondary N) is 1. The van der Waals surface area contributed by atoms with Crippen LogP contribution >= 0.6 is 0 Å². The summed E-state index contributed by atoms with van der Waals surface area (Å²) in [7, 11) is 0. The maximum absolute atomic E-state index is 5.90. The van der Waals surface area contributed by atoms with Crippen LogP contribution in [0.1, 0.15) is 32.8 Å². The number of benzene rings is 2. The summed E-state index contributed by atoms with van der Waals surface area (Å²) in [6.07, 6.45) is 1.35. The summed E-state index contributed by atoms with van der Waals surface area (Å²) in [5.41, 5.74) is 3.67. The fourth-order valence-corrected chi connectivity index (χ4v) is 2.27. The highest BCUT2D eigenvalue weighted by molar-refractivity contribution is 5.70. The summed E-state index contributed by atoms with van der Waals surface area (Å²) in [6, 6.07) is 16.9. The minimum Gasteiger partial charge on any atom is -0.490 e. The molecule has 2 aromatic rings. The summed E-state index contributed by atoms with van der Waals surface area (Å²) >= 11 is 0. The molecule has 21 heavy (non-hydrogen) atoms. The second kappa shape index (κ2) is 7.84. The molecule has 0 saturated heterocycles. The molecule has 0 aliphatic rings. The Labute approximate surface area is 128 Å². The molecule has 0 atom stereocenters. The van der Waals surface area contributed by atoms with Crippen LogP contribution in [0.4, 0.5) is 0 Å². The zero-order valence-corrected chi connectivity index (χ0v) is 13.2. The molecule has 0 saturated carbocycles. The van der Waals surface area contributed by atoms with Gasteiger partial charge in [0.2, 0.25) is 0 Å². The van der Waals surface area contributed by atoms with Gasteiger partial charge in [0.05, 0.1) is 6.10 Å². The topological polar surface area (TPSA) is 21.3 Å². The summed E-state index contributed by atoms with van der Waals surface area (Å²) in [6.45, 7) is 8.28. The first-order valence-electron chi connectivity index (χ1n) is 7.76. The average Bonchev–Trinajstić information content (AvgIpc) is 2.48. The molecule has 0 fully saturated rings. The van der Waals surface area contributed by atoms with Crippen molar-refractivity contribution in [3.63, 3.8) is 0 Å². The summed E-state index contributed by atoms with van der Waals surface area (Å²) < 4.78 is 5.90. The fourth-order valence-electron chi connectivity index (χ4n) is 2.27. The van der Waals surface area contributed by atoms with Crippen molar-refractivity contribution in [3.05, 3.63) is 54.1 Å². The number of para-hydroxylation sites is 1. The van der Waals surface area contributed by atoms with Gasteiger partial charge in [-0.3, -0.25) is 0 Å². The summed E-state index contributed by atoms with van der Waals surface area (Å²) in [5.74, 6) is 0.948. The quantitative estimate of drug-likeness (QED) is 0.747. The SMILES string of the molecule is CCCNCc1ccc(-c2ccccc2OC(C)C)cc1. The lowest BCUT2D eigenvalue weighted by atomic mass is 10.0. The van der Waals surface area contributed by atoms with Crippen molar-refractivity contribution in [2.24, 2.45) is 0 Å². The monoisotopic (exact) mass is 283 g/mol. The predicted molar refractivity (Wildman–Crippen MR) is 89.6 cm³/mol. The van der Waals surface area contributed by atoms with Crippen molar-refractivity contribution in [3.8, 4) is 16.9 Å². The van der Waals surface area contributed by atoms with E-state index in [2.05, 4.69) is 62.5 Å². The first-order valence-corrected chi connectivity index (χ1v) is 7.76. The van der Waals surface area contributed by atoms with Gasteiger partial charge in [0.25, 0.3) is 0 Å². The van der Waals surface area contributed by atoms with Gasteiger partial charge < -0.3 is 10.1 Å². The lowest BCUT2D eigenvalue weighted by Gasteiger charge is -2.14. The van der Waals surface area contributed by atoms with E-state index in [1.54, 1.807) is 0 Å². The molecule has 0 amide bonds. The molecule has 0 radical (unpaired) electrons. The van der Waals surface area contributed by atoms with Crippen molar-refractivity contribution < 1.29 is 4.74 Å². The smallest absolute Gasteiger partial charge is 0.127 e. The lowest BCUT2D eigenvalue weighted by Crippen LogP contribution is -2.13.